The molecule has 2 amide bonds. The first kappa shape index (κ1) is 21.4. The van der Waals surface area contributed by atoms with Gasteiger partial charge in [0.05, 0.1) is 13.7 Å². The Kier molecular flexibility index (Phi) is 5.56. The van der Waals surface area contributed by atoms with E-state index in [4.69, 9.17) is 4.74 Å². The van der Waals surface area contributed by atoms with Crippen molar-refractivity contribution in [3.8, 4) is 5.75 Å². The maximum absolute atomic E-state index is 12.8. The zero-order chi connectivity index (χ0) is 22.2. The summed E-state index contributed by atoms with van der Waals surface area (Å²) in [5, 5.41) is 7.52. The number of methoxy groups -OCH3 is 1. The number of aromatic amines is 1. The van der Waals surface area contributed by atoms with Crippen molar-refractivity contribution in [1.82, 2.24) is 15.6 Å². The lowest BCUT2D eigenvalue weighted by atomic mass is 9.62. The van der Waals surface area contributed by atoms with Crippen LogP contribution in [0.1, 0.15) is 51.3 Å². The Balaban J connectivity index is 1.39. The number of fused-ring (bicyclic) bond motifs is 3. The van der Waals surface area contributed by atoms with E-state index in [1.54, 1.807) is 13.2 Å². The summed E-state index contributed by atoms with van der Waals surface area (Å²) in [5.41, 5.74) is 3.52. The maximum atomic E-state index is 12.8. The zero-order valence-corrected chi connectivity index (χ0v) is 18.8. The van der Waals surface area contributed by atoms with Crippen molar-refractivity contribution >= 4 is 23.0 Å². The van der Waals surface area contributed by atoms with Gasteiger partial charge in [-0.3, -0.25) is 0 Å². The first-order chi connectivity index (χ1) is 14.7. The summed E-state index contributed by atoms with van der Waals surface area (Å²) in [7, 11) is 1.67. The Bertz CT molecular complexity index is 1040. The average molecular weight is 425 g/mol. The maximum Gasteiger partial charge on any atom is 0.315 e. The van der Waals surface area contributed by atoms with Crippen molar-refractivity contribution in [2.24, 2.45) is 15.8 Å². The van der Waals surface area contributed by atoms with Gasteiger partial charge in [0.2, 0.25) is 6.08 Å². The molecule has 7 nitrogen and oxygen atoms in total. The fourth-order valence-corrected chi connectivity index (χ4v) is 5.98. The lowest BCUT2D eigenvalue weighted by molar-refractivity contribution is 0.0806. The number of nitrogens with zero attached hydrogens (tertiary/aromatic N) is 1. The predicted octanol–water partition coefficient (Wildman–Crippen LogP) is 3.86. The van der Waals surface area contributed by atoms with Crippen molar-refractivity contribution in [1.29, 1.82) is 0 Å². The van der Waals surface area contributed by atoms with Gasteiger partial charge in [0.15, 0.2) is 0 Å². The van der Waals surface area contributed by atoms with Crippen LogP contribution in [0.2, 0.25) is 0 Å². The summed E-state index contributed by atoms with van der Waals surface area (Å²) in [5.74, 6) is 0.838. The van der Waals surface area contributed by atoms with E-state index in [0.717, 1.165) is 43.4 Å². The molecule has 0 radical (unpaired) electrons. The fraction of sp³-hybridized carbons (Fsp3) is 0.583. The van der Waals surface area contributed by atoms with Crippen LogP contribution in [0.25, 0.3) is 10.9 Å². The van der Waals surface area contributed by atoms with E-state index in [2.05, 4.69) is 47.4 Å². The number of urea groups is 1. The smallest absolute Gasteiger partial charge is 0.315 e. The number of ether oxygens (including phenoxy) is 1. The van der Waals surface area contributed by atoms with E-state index in [9.17, 15) is 9.59 Å². The highest BCUT2D eigenvalue weighted by atomic mass is 16.5. The normalized spacial score (nSPS) is 26.7. The number of carbonyl (C=O) groups is 1. The second kappa shape index (κ2) is 8.04. The molecule has 1 aromatic heterocycles. The SMILES string of the molecule is COc1ccc2[nH]c3c(c2c1)CC(NC(=O)NC1CC(C)(C)CC(C)(CN=C=O)C1)C3. The molecule has 0 saturated heterocycles. The van der Waals surface area contributed by atoms with E-state index >= 15 is 0 Å². The molecule has 0 spiro atoms. The van der Waals surface area contributed by atoms with E-state index in [1.807, 2.05) is 12.1 Å². The van der Waals surface area contributed by atoms with Crippen LogP contribution < -0.4 is 15.4 Å². The number of isocyanates is 1. The topological polar surface area (TPSA) is 95.6 Å². The third kappa shape index (κ3) is 4.62. The van der Waals surface area contributed by atoms with Crippen LogP contribution in [0.15, 0.2) is 23.2 Å². The highest BCUT2D eigenvalue weighted by Crippen LogP contribution is 2.46. The molecule has 31 heavy (non-hydrogen) atoms. The monoisotopic (exact) mass is 424 g/mol. The predicted molar refractivity (Wildman–Crippen MR) is 120 cm³/mol. The summed E-state index contributed by atoms with van der Waals surface area (Å²) in [6.45, 7) is 7.02. The fourth-order valence-electron chi connectivity index (χ4n) is 5.98. The molecule has 2 aromatic rings. The van der Waals surface area contributed by atoms with Crippen LogP contribution >= 0.6 is 0 Å². The Morgan fingerprint density at radius 3 is 2.74 bits per heavy atom. The van der Waals surface area contributed by atoms with Gasteiger partial charge in [-0.1, -0.05) is 20.8 Å². The van der Waals surface area contributed by atoms with E-state index in [0.29, 0.717) is 6.54 Å². The standard InChI is InChI=1S/C24H32N4O3/c1-23(2)10-16(11-24(3,12-23)13-25-14-29)27-22(30)26-15-7-18-19-9-17(31-4)5-6-20(19)28-21(18)8-15/h5-6,9,15-16,28H,7-8,10-13H2,1-4H3,(H2,26,27,30). The van der Waals surface area contributed by atoms with E-state index in [1.165, 1.54) is 16.6 Å². The zero-order valence-electron chi connectivity index (χ0n) is 18.8. The second-order valence-electron chi connectivity index (χ2n) is 10.4. The summed E-state index contributed by atoms with van der Waals surface area (Å²) < 4.78 is 5.36. The minimum absolute atomic E-state index is 0.0555. The molecule has 0 aliphatic heterocycles. The highest BCUT2D eigenvalue weighted by molar-refractivity contribution is 5.87. The van der Waals surface area contributed by atoms with E-state index < -0.39 is 0 Å². The molecule has 7 heteroatoms. The van der Waals surface area contributed by atoms with Gasteiger partial charge < -0.3 is 20.4 Å². The van der Waals surface area contributed by atoms with Gasteiger partial charge in [-0.25, -0.2) is 14.6 Å². The number of amides is 2. The van der Waals surface area contributed by atoms with Crippen molar-refractivity contribution in [2.45, 2.75) is 65.0 Å². The van der Waals surface area contributed by atoms with Crippen LogP contribution in [0.4, 0.5) is 4.79 Å². The second-order valence-corrected chi connectivity index (χ2v) is 10.4. The van der Waals surface area contributed by atoms with E-state index in [-0.39, 0.29) is 28.9 Å². The Hall–Kier alpha value is -2.79. The number of nitrogens with one attached hydrogen (secondary N) is 3. The molecule has 1 fully saturated rings. The quantitative estimate of drug-likeness (QED) is 0.502. The van der Waals surface area contributed by atoms with Gasteiger partial charge in [-0.2, -0.15) is 0 Å². The number of H-pyrrole nitrogens is 1. The Labute approximate surface area is 183 Å². The molecule has 3 N–H and O–H groups in total. The number of aliphatic imine (C=N–C) groups is 1. The molecule has 1 saturated carbocycles. The first-order valence-corrected chi connectivity index (χ1v) is 11.0. The van der Waals surface area contributed by atoms with Gasteiger partial charge in [0.25, 0.3) is 0 Å². The molecular weight excluding hydrogens is 392 g/mol. The average Bonchev–Trinajstić information content (AvgIpc) is 3.21. The van der Waals surface area contributed by atoms with Crippen LogP contribution in [0, 0.1) is 10.8 Å². The Morgan fingerprint density at radius 1 is 1.23 bits per heavy atom. The highest BCUT2D eigenvalue weighted by Gasteiger charge is 2.42. The number of carbonyl (C=O) groups excluding carboxylic acids is 2. The largest absolute Gasteiger partial charge is 0.497 e. The molecule has 4 rings (SSSR count). The number of rotatable bonds is 5. The van der Waals surface area contributed by atoms with Crippen molar-refractivity contribution in [3.05, 3.63) is 29.5 Å². The third-order valence-electron chi connectivity index (χ3n) is 6.74. The number of hydrogen-bond donors (Lipinski definition) is 3. The molecule has 3 unspecified atom stereocenters. The Morgan fingerprint density at radius 2 is 2.00 bits per heavy atom. The summed E-state index contributed by atoms with van der Waals surface area (Å²) in [4.78, 5) is 30.7. The molecular formula is C24H32N4O3. The van der Waals surface area contributed by atoms with Crippen LogP contribution in [0.5, 0.6) is 5.75 Å². The van der Waals surface area contributed by atoms with Crippen molar-refractivity contribution < 1.29 is 14.3 Å². The van der Waals surface area contributed by atoms with Crippen molar-refractivity contribution in [3.63, 3.8) is 0 Å². The van der Waals surface area contributed by atoms with Gasteiger partial charge in [0.1, 0.15) is 5.75 Å². The van der Waals surface area contributed by atoms with Crippen LogP contribution in [0.3, 0.4) is 0 Å². The van der Waals surface area contributed by atoms with Crippen molar-refractivity contribution in [2.75, 3.05) is 13.7 Å². The lowest BCUT2D eigenvalue weighted by Gasteiger charge is -2.46. The summed E-state index contributed by atoms with van der Waals surface area (Å²) in [6, 6.07) is 6.05. The number of aromatic nitrogens is 1. The lowest BCUT2D eigenvalue weighted by Crippen LogP contribution is -2.52. The van der Waals surface area contributed by atoms with Gasteiger partial charge in [-0.15, -0.1) is 0 Å². The molecule has 166 valence electrons. The molecule has 0 bridgehead atoms. The molecule has 1 aromatic carbocycles. The molecule has 2 aliphatic carbocycles. The molecule has 3 atom stereocenters. The first-order valence-electron chi connectivity index (χ1n) is 11.0. The van der Waals surface area contributed by atoms with Crippen LogP contribution in [-0.2, 0) is 17.6 Å². The number of hydrogen-bond acceptors (Lipinski definition) is 4. The minimum atomic E-state index is -0.124. The molecule has 2 aliphatic rings. The summed E-state index contributed by atoms with van der Waals surface area (Å²) >= 11 is 0. The van der Waals surface area contributed by atoms with Gasteiger partial charge in [-0.05, 0) is 60.3 Å². The van der Waals surface area contributed by atoms with Gasteiger partial charge >= 0.3 is 6.03 Å². The minimum Gasteiger partial charge on any atom is -0.497 e. The van der Waals surface area contributed by atoms with Crippen LogP contribution in [-0.4, -0.2) is 42.8 Å². The number of benzene rings is 1. The molecule has 1 heterocycles. The third-order valence-corrected chi connectivity index (χ3v) is 6.74. The van der Waals surface area contributed by atoms with Gasteiger partial charge in [0, 0.05) is 35.1 Å². The summed E-state index contributed by atoms with van der Waals surface area (Å²) in [6.07, 6.45) is 5.95.